The highest BCUT2D eigenvalue weighted by Crippen LogP contribution is 2.42. The molecule has 0 amide bonds. The molecule has 2 unspecified atom stereocenters. The van der Waals surface area contributed by atoms with E-state index < -0.39 is 0 Å². The Hall–Kier alpha value is -1.60. The number of rotatable bonds is 3. The second-order valence-electron chi connectivity index (χ2n) is 6.56. The number of piperidine rings is 1. The van der Waals surface area contributed by atoms with Gasteiger partial charge in [-0.1, -0.05) is 54.6 Å². The minimum absolute atomic E-state index is 0.603. The van der Waals surface area contributed by atoms with Crippen molar-refractivity contribution in [3.63, 3.8) is 0 Å². The lowest BCUT2D eigenvalue weighted by Crippen LogP contribution is -2.34. The fourth-order valence-electron chi connectivity index (χ4n) is 3.74. The molecule has 2 fully saturated rings. The lowest BCUT2D eigenvalue weighted by Gasteiger charge is -2.33. The molecule has 1 aliphatic heterocycles. The third-order valence-corrected chi connectivity index (χ3v) is 5.12. The van der Waals surface area contributed by atoms with E-state index in [4.69, 9.17) is 0 Å². The maximum absolute atomic E-state index is 3.57. The summed E-state index contributed by atoms with van der Waals surface area (Å²) < 4.78 is 0. The Kier molecular flexibility index (Phi) is 3.52. The van der Waals surface area contributed by atoms with E-state index in [0.29, 0.717) is 11.8 Å². The van der Waals surface area contributed by atoms with Gasteiger partial charge in [0.05, 0.1) is 0 Å². The van der Waals surface area contributed by atoms with Gasteiger partial charge in [-0.3, -0.25) is 0 Å². The summed E-state index contributed by atoms with van der Waals surface area (Å²) in [6.45, 7) is 2.23. The molecule has 1 nitrogen and oxygen atoms in total. The van der Waals surface area contributed by atoms with Gasteiger partial charge in [-0.15, -0.1) is 0 Å². The summed E-state index contributed by atoms with van der Waals surface area (Å²) in [6, 6.07) is 20.5. The van der Waals surface area contributed by atoms with Crippen molar-refractivity contribution in [1.82, 2.24) is 5.32 Å². The summed E-state index contributed by atoms with van der Waals surface area (Å²) in [5, 5.41) is 3.57. The first-order chi connectivity index (χ1) is 10.4. The fourth-order valence-corrected chi connectivity index (χ4v) is 3.74. The fraction of sp³-hybridized carbons (Fsp3) is 0.400. The summed E-state index contributed by atoms with van der Waals surface area (Å²) in [5.41, 5.74) is 4.54. The Morgan fingerprint density at radius 3 is 2.05 bits per heavy atom. The average molecular weight is 277 g/mol. The summed E-state index contributed by atoms with van der Waals surface area (Å²) >= 11 is 0. The van der Waals surface area contributed by atoms with Gasteiger partial charge in [-0.25, -0.2) is 0 Å². The van der Waals surface area contributed by atoms with Crippen LogP contribution in [0.1, 0.15) is 53.7 Å². The van der Waals surface area contributed by atoms with Crippen molar-refractivity contribution in [3.8, 4) is 0 Å². The number of benzene rings is 2. The van der Waals surface area contributed by atoms with Crippen molar-refractivity contribution in [1.29, 1.82) is 0 Å². The van der Waals surface area contributed by atoms with E-state index >= 15 is 0 Å². The van der Waals surface area contributed by atoms with Gasteiger partial charge in [0.15, 0.2) is 0 Å². The van der Waals surface area contributed by atoms with E-state index in [2.05, 4.69) is 59.9 Å². The van der Waals surface area contributed by atoms with E-state index in [9.17, 15) is 0 Å². The SMILES string of the molecule is c1ccc(C2CNCCC2c2ccc(C3CC3)cc2)cc1. The molecule has 0 aromatic heterocycles. The minimum atomic E-state index is 0.603. The first-order valence-corrected chi connectivity index (χ1v) is 8.27. The molecule has 0 radical (unpaired) electrons. The van der Waals surface area contributed by atoms with Crippen LogP contribution in [0.5, 0.6) is 0 Å². The van der Waals surface area contributed by atoms with Gasteiger partial charge in [0.2, 0.25) is 0 Å². The van der Waals surface area contributed by atoms with Crippen LogP contribution in [-0.2, 0) is 0 Å². The maximum Gasteiger partial charge on any atom is 0.00326 e. The average Bonchev–Trinajstić information content (AvgIpc) is 3.41. The molecular formula is C20H23N. The molecule has 0 bridgehead atoms. The van der Waals surface area contributed by atoms with Gasteiger partial charge in [0.1, 0.15) is 0 Å². The van der Waals surface area contributed by atoms with Crippen molar-refractivity contribution in [2.75, 3.05) is 13.1 Å². The molecule has 1 heterocycles. The molecule has 2 aromatic rings. The predicted molar refractivity (Wildman–Crippen MR) is 87.8 cm³/mol. The highest BCUT2D eigenvalue weighted by atomic mass is 14.9. The second kappa shape index (κ2) is 5.65. The Labute approximate surface area is 127 Å². The summed E-state index contributed by atoms with van der Waals surface area (Å²) in [4.78, 5) is 0. The van der Waals surface area contributed by atoms with E-state index in [1.165, 1.54) is 30.4 Å². The molecule has 4 rings (SSSR count). The lowest BCUT2D eigenvalue weighted by molar-refractivity contribution is 0.404. The lowest BCUT2D eigenvalue weighted by atomic mass is 9.77. The molecule has 2 aliphatic rings. The molecular weight excluding hydrogens is 254 g/mol. The summed E-state index contributed by atoms with van der Waals surface area (Å²) in [6.07, 6.45) is 4.01. The van der Waals surface area contributed by atoms with Crippen LogP contribution >= 0.6 is 0 Å². The number of hydrogen-bond acceptors (Lipinski definition) is 1. The Morgan fingerprint density at radius 1 is 0.667 bits per heavy atom. The van der Waals surface area contributed by atoms with Crippen LogP contribution < -0.4 is 5.32 Å². The van der Waals surface area contributed by atoms with Crippen molar-refractivity contribution in [2.45, 2.75) is 37.0 Å². The Balaban J connectivity index is 1.61. The Bertz CT molecular complexity index is 583. The smallest absolute Gasteiger partial charge is 0.00326 e. The highest BCUT2D eigenvalue weighted by molar-refractivity contribution is 5.34. The third-order valence-electron chi connectivity index (χ3n) is 5.12. The van der Waals surface area contributed by atoms with Crippen molar-refractivity contribution in [3.05, 3.63) is 71.3 Å². The normalized spacial score (nSPS) is 25.7. The summed E-state index contributed by atoms with van der Waals surface area (Å²) in [7, 11) is 0. The van der Waals surface area contributed by atoms with Crippen LogP contribution in [0.15, 0.2) is 54.6 Å². The van der Waals surface area contributed by atoms with Crippen LogP contribution in [0.25, 0.3) is 0 Å². The first-order valence-electron chi connectivity index (χ1n) is 8.27. The topological polar surface area (TPSA) is 12.0 Å². The molecule has 1 heteroatoms. The quantitative estimate of drug-likeness (QED) is 0.875. The Morgan fingerprint density at radius 2 is 1.33 bits per heavy atom. The summed E-state index contributed by atoms with van der Waals surface area (Å²) in [5.74, 6) is 2.12. The highest BCUT2D eigenvalue weighted by Gasteiger charge is 2.28. The van der Waals surface area contributed by atoms with Crippen molar-refractivity contribution < 1.29 is 0 Å². The van der Waals surface area contributed by atoms with Crippen LogP contribution in [-0.4, -0.2) is 13.1 Å². The van der Waals surface area contributed by atoms with Gasteiger partial charge in [0.25, 0.3) is 0 Å². The zero-order chi connectivity index (χ0) is 14.1. The zero-order valence-corrected chi connectivity index (χ0v) is 12.5. The molecule has 1 saturated carbocycles. The van der Waals surface area contributed by atoms with Crippen molar-refractivity contribution in [2.24, 2.45) is 0 Å². The molecule has 21 heavy (non-hydrogen) atoms. The maximum atomic E-state index is 3.57. The minimum Gasteiger partial charge on any atom is -0.316 e. The molecule has 2 aromatic carbocycles. The molecule has 1 aliphatic carbocycles. The van der Waals surface area contributed by atoms with E-state index in [0.717, 1.165) is 19.0 Å². The van der Waals surface area contributed by atoms with Gasteiger partial charge in [-0.05, 0) is 54.3 Å². The van der Waals surface area contributed by atoms with Crippen LogP contribution in [0.3, 0.4) is 0 Å². The van der Waals surface area contributed by atoms with E-state index in [-0.39, 0.29) is 0 Å². The van der Waals surface area contributed by atoms with Gasteiger partial charge in [-0.2, -0.15) is 0 Å². The van der Waals surface area contributed by atoms with Crippen LogP contribution in [0, 0.1) is 0 Å². The van der Waals surface area contributed by atoms with Gasteiger partial charge >= 0.3 is 0 Å². The second-order valence-corrected chi connectivity index (χ2v) is 6.56. The first kappa shape index (κ1) is 13.1. The van der Waals surface area contributed by atoms with E-state index in [1.807, 2.05) is 0 Å². The number of nitrogens with one attached hydrogen (secondary N) is 1. The van der Waals surface area contributed by atoms with Crippen molar-refractivity contribution >= 4 is 0 Å². The molecule has 108 valence electrons. The largest absolute Gasteiger partial charge is 0.316 e. The van der Waals surface area contributed by atoms with Crippen LogP contribution in [0.4, 0.5) is 0 Å². The van der Waals surface area contributed by atoms with E-state index in [1.54, 1.807) is 5.56 Å². The van der Waals surface area contributed by atoms with Crippen LogP contribution in [0.2, 0.25) is 0 Å². The standard InChI is InChI=1S/C20H23N/c1-2-4-17(5-3-1)20-14-21-13-12-19(20)18-10-8-16(9-11-18)15-6-7-15/h1-5,8-11,15,19-21H,6-7,12-14H2. The molecule has 1 N–H and O–H groups in total. The predicted octanol–water partition coefficient (Wildman–Crippen LogP) is 4.42. The molecule has 0 spiro atoms. The van der Waals surface area contributed by atoms with Gasteiger partial charge in [0, 0.05) is 12.5 Å². The molecule has 1 saturated heterocycles. The number of hydrogen-bond donors (Lipinski definition) is 1. The monoisotopic (exact) mass is 277 g/mol. The molecule has 2 atom stereocenters. The zero-order valence-electron chi connectivity index (χ0n) is 12.5. The van der Waals surface area contributed by atoms with Gasteiger partial charge < -0.3 is 5.32 Å². The third kappa shape index (κ3) is 2.75.